The van der Waals surface area contributed by atoms with Crippen LogP contribution < -0.4 is 34.5 Å². The third kappa shape index (κ3) is 4.77. The molecule has 0 unspecified atom stereocenters. The van der Waals surface area contributed by atoms with Gasteiger partial charge in [0.1, 0.15) is 9.15 Å². The number of hydrogen-bond acceptors (Lipinski definition) is 5. The Morgan fingerprint density at radius 3 is 2.74 bits per heavy atom. The van der Waals surface area contributed by atoms with Gasteiger partial charge in [0, 0.05) is 24.4 Å². The van der Waals surface area contributed by atoms with E-state index in [1.165, 1.54) is 0 Å². The van der Waals surface area contributed by atoms with Gasteiger partial charge in [0.25, 0.3) is 0 Å². The molecule has 0 radical (unpaired) electrons. The van der Waals surface area contributed by atoms with E-state index in [1.807, 2.05) is 24.3 Å². The fourth-order valence-corrected chi connectivity index (χ4v) is 3.29. The summed E-state index contributed by atoms with van der Waals surface area (Å²) in [6.07, 6.45) is 0.870. The van der Waals surface area contributed by atoms with Crippen molar-refractivity contribution in [1.82, 2.24) is 0 Å². The Hall–Kier alpha value is -0.0500. The Kier molecular flexibility index (Phi) is 6.35. The van der Waals surface area contributed by atoms with Crippen molar-refractivity contribution in [2.75, 3.05) is 17.2 Å². The van der Waals surface area contributed by atoms with Crippen LogP contribution in [-0.2, 0) is 20.4 Å². The number of amides is 1. The molecule has 1 aromatic rings. The Bertz CT molecular complexity index is 562. The number of para-hydroxylation sites is 1. The number of anilines is 1. The Balaban J connectivity index is 0.00000180. The molecule has 0 atom stereocenters. The second-order valence-electron chi connectivity index (χ2n) is 3.90. The Morgan fingerprint density at radius 2 is 2.05 bits per heavy atom. The number of carbonyl (C=O) groups is 1. The first kappa shape index (κ1) is 17.0. The largest absolute Gasteiger partial charge is 1.00 e. The summed E-state index contributed by atoms with van der Waals surface area (Å²) in [6, 6.07) is 7.63. The summed E-state index contributed by atoms with van der Waals surface area (Å²) < 4.78 is 31.2. The number of nitrogens with zero attached hydrogens (tertiary/aromatic N) is 1. The van der Waals surface area contributed by atoms with E-state index < -0.39 is 9.15 Å². The predicted octanol–water partition coefficient (Wildman–Crippen LogP) is -1.84. The predicted molar refractivity (Wildman–Crippen MR) is 69.3 cm³/mol. The molecule has 98 valence electrons. The molecule has 0 N–H and O–H groups in total. The Labute approximate surface area is 138 Å². The minimum absolute atomic E-state index is 0. The van der Waals surface area contributed by atoms with Crippen molar-refractivity contribution in [3.8, 4) is 0 Å². The average molecular weight is 309 g/mol. The van der Waals surface area contributed by atoms with Crippen LogP contribution in [0.1, 0.15) is 12.0 Å². The van der Waals surface area contributed by atoms with Crippen LogP contribution >= 0.6 is 10.8 Å². The van der Waals surface area contributed by atoms with Gasteiger partial charge in [-0.25, -0.2) is 8.42 Å². The summed E-state index contributed by atoms with van der Waals surface area (Å²) in [7, 11) is -4.04. The zero-order valence-corrected chi connectivity index (χ0v) is 14.2. The van der Waals surface area contributed by atoms with Gasteiger partial charge in [-0.1, -0.05) is 18.2 Å². The number of fused-ring (bicyclic) bond motifs is 1. The molecular weight excluding hydrogens is 297 g/mol. The number of carbonyl (C=O) groups excluding carboxylic acids is 1. The van der Waals surface area contributed by atoms with Gasteiger partial charge < -0.3 is 9.45 Å². The van der Waals surface area contributed by atoms with E-state index in [1.54, 1.807) is 4.90 Å². The Morgan fingerprint density at radius 1 is 1.37 bits per heavy atom. The van der Waals surface area contributed by atoms with Crippen molar-refractivity contribution >= 4 is 31.5 Å². The van der Waals surface area contributed by atoms with E-state index >= 15 is 0 Å². The van der Waals surface area contributed by atoms with Crippen LogP contribution in [-0.4, -0.2) is 31.2 Å². The van der Waals surface area contributed by atoms with Gasteiger partial charge >= 0.3 is 29.6 Å². The topological polar surface area (TPSA) is 77.5 Å². The van der Waals surface area contributed by atoms with E-state index in [9.17, 15) is 17.8 Å². The monoisotopic (exact) mass is 309 g/mol. The van der Waals surface area contributed by atoms with Crippen LogP contribution in [0.15, 0.2) is 24.3 Å². The molecule has 1 heterocycles. The van der Waals surface area contributed by atoms with Gasteiger partial charge in [-0.05, 0) is 28.8 Å². The van der Waals surface area contributed by atoms with Crippen molar-refractivity contribution in [3.05, 3.63) is 29.8 Å². The number of rotatable bonds is 4. The fourth-order valence-electron chi connectivity index (χ4n) is 1.96. The number of benzene rings is 1. The van der Waals surface area contributed by atoms with Crippen molar-refractivity contribution < 1.29 is 47.3 Å². The van der Waals surface area contributed by atoms with Gasteiger partial charge in [0.15, 0.2) is 0 Å². The third-order valence-corrected chi connectivity index (χ3v) is 4.76. The minimum atomic E-state index is -4.31. The fraction of sp³-hybridized carbons (Fsp3) is 0.364. The van der Waals surface area contributed by atoms with Crippen molar-refractivity contribution in [2.45, 2.75) is 12.8 Å². The summed E-state index contributed by atoms with van der Waals surface area (Å²) in [5, 5.41) is 0. The molecule has 1 amide bonds. The second-order valence-corrected chi connectivity index (χ2v) is 7.30. The minimum Gasteiger partial charge on any atom is -0.739 e. The molecule has 0 spiro atoms. The first-order valence-corrected chi connectivity index (χ1v) is 8.37. The SMILES string of the molecule is O=C(CCSS(=O)(=O)[O-])N1CCc2ccccc21.[Na+]. The van der Waals surface area contributed by atoms with Gasteiger partial charge in [-0.15, -0.1) is 0 Å². The van der Waals surface area contributed by atoms with Crippen LogP contribution in [0.2, 0.25) is 0 Å². The number of hydrogen-bond donors (Lipinski definition) is 0. The summed E-state index contributed by atoms with van der Waals surface area (Å²) in [5.74, 6) is -0.139. The third-order valence-electron chi connectivity index (χ3n) is 2.73. The van der Waals surface area contributed by atoms with Crippen LogP contribution in [0.5, 0.6) is 0 Å². The molecule has 19 heavy (non-hydrogen) atoms. The smallest absolute Gasteiger partial charge is 0.739 e. The molecule has 0 bridgehead atoms. The molecule has 2 rings (SSSR count). The molecule has 5 nitrogen and oxygen atoms in total. The van der Waals surface area contributed by atoms with Gasteiger partial charge in [-0.3, -0.25) is 4.79 Å². The molecule has 0 saturated heterocycles. The zero-order valence-electron chi connectivity index (χ0n) is 10.5. The zero-order chi connectivity index (χ0) is 13.2. The molecule has 0 saturated carbocycles. The molecule has 8 heteroatoms. The average Bonchev–Trinajstić information content (AvgIpc) is 2.70. The maximum absolute atomic E-state index is 11.9. The quantitative estimate of drug-likeness (QED) is 0.371. The first-order valence-electron chi connectivity index (χ1n) is 5.46. The summed E-state index contributed by atoms with van der Waals surface area (Å²) in [6.45, 7) is 0.618. The van der Waals surface area contributed by atoms with E-state index in [0.29, 0.717) is 6.54 Å². The maximum atomic E-state index is 11.9. The van der Waals surface area contributed by atoms with Crippen LogP contribution in [0.25, 0.3) is 0 Å². The summed E-state index contributed by atoms with van der Waals surface area (Å²) in [5.41, 5.74) is 2.01. The molecule has 0 fully saturated rings. The maximum Gasteiger partial charge on any atom is 1.00 e. The van der Waals surface area contributed by atoms with Crippen molar-refractivity contribution in [1.29, 1.82) is 0 Å². The van der Waals surface area contributed by atoms with Gasteiger partial charge in [0.05, 0.1) is 0 Å². The van der Waals surface area contributed by atoms with E-state index in [4.69, 9.17) is 0 Å². The van der Waals surface area contributed by atoms with Crippen molar-refractivity contribution in [3.63, 3.8) is 0 Å². The van der Waals surface area contributed by atoms with E-state index in [-0.39, 0.29) is 58.4 Å². The standard InChI is InChI=1S/C11H13NO4S2.Na/c13-11(6-8-17-18(14,15)16)12-7-5-9-3-1-2-4-10(9)12;/h1-4H,5-8H2,(H,14,15,16);/q;+1/p-1. The van der Waals surface area contributed by atoms with Crippen LogP contribution in [0.4, 0.5) is 5.69 Å². The van der Waals surface area contributed by atoms with Gasteiger partial charge in [-0.2, -0.15) is 0 Å². The molecule has 1 aliphatic rings. The first-order chi connectivity index (χ1) is 8.47. The normalized spacial score (nSPS) is 13.8. The molecule has 0 aromatic heterocycles. The van der Waals surface area contributed by atoms with Crippen molar-refractivity contribution in [2.24, 2.45) is 0 Å². The molecular formula is C11H12NNaO4S2. The molecule has 1 aliphatic heterocycles. The van der Waals surface area contributed by atoms with Crippen LogP contribution in [0.3, 0.4) is 0 Å². The van der Waals surface area contributed by atoms with E-state index in [2.05, 4.69) is 0 Å². The summed E-state index contributed by atoms with van der Waals surface area (Å²) in [4.78, 5) is 13.6. The van der Waals surface area contributed by atoms with Gasteiger partial charge in [0.2, 0.25) is 5.91 Å². The summed E-state index contributed by atoms with van der Waals surface area (Å²) >= 11 is 0. The van der Waals surface area contributed by atoms with Crippen LogP contribution in [0, 0.1) is 0 Å². The second kappa shape index (κ2) is 7.10. The molecule has 0 aliphatic carbocycles. The van der Waals surface area contributed by atoms with E-state index in [0.717, 1.165) is 17.7 Å². The molecule has 1 aromatic carbocycles.